The summed E-state index contributed by atoms with van der Waals surface area (Å²) in [6, 6.07) is 17.1. The minimum absolute atomic E-state index is 0.963. The number of fused-ring (bicyclic) bond motifs is 4. The molecule has 0 saturated heterocycles. The van der Waals surface area contributed by atoms with E-state index in [1.54, 1.807) is 0 Å². The molecule has 4 nitrogen and oxygen atoms in total. The predicted octanol–water partition coefficient (Wildman–Crippen LogP) is 6.29. The van der Waals surface area contributed by atoms with Gasteiger partial charge in [-0.2, -0.15) is 0 Å². The van der Waals surface area contributed by atoms with Crippen LogP contribution in [-0.4, -0.2) is 19.2 Å². The summed E-state index contributed by atoms with van der Waals surface area (Å²) < 4.78 is 10.8. The minimum Gasteiger partial charge on any atom is -0.138 e. The van der Waals surface area contributed by atoms with Crippen LogP contribution >= 0.6 is 23.1 Å². The zero-order valence-electron chi connectivity index (χ0n) is 15.2. The minimum atomic E-state index is 0.963. The first-order valence-corrected chi connectivity index (χ1v) is 10.6. The van der Waals surface area contributed by atoms with Crippen molar-refractivity contribution in [3.8, 4) is 11.1 Å². The molecule has 0 spiro atoms. The van der Waals surface area contributed by atoms with Gasteiger partial charge in [0.05, 0.1) is 9.40 Å². The Hall–Kier alpha value is -2.96. The third-order valence-corrected chi connectivity index (χ3v) is 7.18. The zero-order valence-corrected chi connectivity index (χ0v) is 16.9. The van der Waals surface area contributed by atoms with Gasteiger partial charge in [-0.25, -0.2) is 0 Å². The maximum absolute atomic E-state index is 4.56. The summed E-state index contributed by atoms with van der Waals surface area (Å²) in [4.78, 5) is 0. The summed E-state index contributed by atoms with van der Waals surface area (Å²) in [6.45, 7) is 4.29. The Morgan fingerprint density at radius 3 is 1.82 bits per heavy atom. The Bertz CT molecular complexity index is 1430. The Morgan fingerprint density at radius 1 is 0.571 bits per heavy atom. The molecule has 2 aromatic heterocycles. The lowest BCUT2D eigenvalue weighted by atomic mass is 9.89. The second-order valence-electron chi connectivity index (χ2n) is 6.99. The molecule has 6 rings (SSSR count). The smallest absolute Gasteiger partial charge is 0.114 e. The molecule has 0 atom stereocenters. The van der Waals surface area contributed by atoms with Crippen molar-refractivity contribution in [1.29, 1.82) is 0 Å². The van der Waals surface area contributed by atoms with Gasteiger partial charge in [-0.1, -0.05) is 57.5 Å². The molecule has 6 aromatic rings. The molecule has 0 fully saturated rings. The molecule has 134 valence electrons. The van der Waals surface area contributed by atoms with Gasteiger partial charge < -0.3 is 0 Å². The number of benzene rings is 4. The Balaban J connectivity index is 1.96. The van der Waals surface area contributed by atoms with E-state index in [-0.39, 0.29) is 0 Å². The van der Waals surface area contributed by atoms with Crippen molar-refractivity contribution in [2.24, 2.45) is 0 Å². The topological polar surface area (TPSA) is 51.6 Å². The van der Waals surface area contributed by atoms with Gasteiger partial charge >= 0.3 is 0 Å². The number of aromatic nitrogens is 4. The van der Waals surface area contributed by atoms with E-state index in [1.165, 1.54) is 61.3 Å². The Labute approximate surface area is 168 Å². The summed E-state index contributed by atoms with van der Waals surface area (Å²) >= 11 is 2.92. The number of aryl methyl sites for hydroxylation is 2. The van der Waals surface area contributed by atoms with E-state index in [0.29, 0.717) is 0 Å². The van der Waals surface area contributed by atoms with Crippen molar-refractivity contribution in [3.63, 3.8) is 0 Å². The first kappa shape index (κ1) is 16.0. The number of nitrogens with zero attached hydrogens (tertiary/aromatic N) is 4. The standard InChI is InChI=1S/C22H14N4S2/c1-11-13-7-3-6-10-16(13)18(22-19(11)23-25-28-22)17-15-9-5-4-8-14(15)12(2)21-20(17)24-26-27-21/h3-10H,1-2H3. The van der Waals surface area contributed by atoms with Gasteiger partial charge in [-0.15, -0.1) is 10.2 Å². The highest BCUT2D eigenvalue weighted by Crippen LogP contribution is 2.46. The van der Waals surface area contributed by atoms with Crippen LogP contribution in [0.5, 0.6) is 0 Å². The summed E-state index contributed by atoms with van der Waals surface area (Å²) in [5.41, 5.74) is 6.65. The van der Waals surface area contributed by atoms with E-state index >= 15 is 0 Å². The van der Waals surface area contributed by atoms with Gasteiger partial charge in [0.25, 0.3) is 0 Å². The Kier molecular flexibility index (Phi) is 3.30. The third-order valence-electron chi connectivity index (χ3n) is 5.59. The first-order chi connectivity index (χ1) is 13.8. The zero-order chi connectivity index (χ0) is 18.8. The fourth-order valence-corrected chi connectivity index (χ4v) is 5.73. The molecule has 0 aliphatic carbocycles. The van der Waals surface area contributed by atoms with E-state index in [2.05, 4.69) is 81.6 Å². The second-order valence-corrected chi connectivity index (χ2v) is 8.50. The van der Waals surface area contributed by atoms with Gasteiger partial charge in [0.2, 0.25) is 0 Å². The largest absolute Gasteiger partial charge is 0.138 e. The van der Waals surface area contributed by atoms with E-state index in [1.807, 2.05) is 0 Å². The van der Waals surface area contributed by atoms with Gasteiger partial charge in [0.15, 0.2) is 0 Å². The lowest BCUT2D eigenvalue weighted by Crippen LogP contribution is -1.92. The number of rotatable bonds is 1. The van der Waals surface area contributed by atoms with Crippen molar-refractivity contribution < 1.29 is 0 Å². The second kappa shape index (κ2) is 5.77. The van der Waals surface area contributed by atoms with Crippen molar-refractivity contribution in [3.05, 3.63) is 59.7 Å². The van der Waals surface area contributed by atoms with Crippen LogP contribution in [0.1, 0.15) is 11.1 Å². The Morgan fingerprint density at radius 2 is 1.11 bits per heavy atom. The van der Waals surface area contributed by atoms with Crippen LogP contribution in [0.4, 0.5) is 0 Å². The van der Waals surface area contributed by atoms with E-state index in [9.17, 15) is 0 Å². The van der Waals surface area contributed by atoms with Gasteiger partial charge in [-0.3, -0.25) is 0 Å². The number of hydrogen-bond acceptors (Lipinski definition) is 6. The van der Waals surface area contributed by atoms with Crippen LogP contribution in [0, 0.1) is 13.8 Å². The summed E-state index contributed by atoms with van der Waals surface area (Å²) in [6.07, 6.45) is 0. The van der Waals surface area contributed by atoms with Gasteiger partial charge in [0, 0.05) is 11.1 Å². The average molecular weight is 399 g/mol. The predicted molar refractivity (Wildman–Crippen MR) is 118 cm³/mol. The maximum Gasteiger partial charge on any atom is 0.114 e. The SMILES string of the molecule is Cc1c2ccccc2c(-c2c3ccccc3c(C)c3snnc23)c2snnc12. The van der Waals surface area contributed by atoms with Crippen LogP contribution in [0.3, 0.4) is 0 Å². The fraction of sp³-hybridized carbons (Fsp3) is 0.0909. The fourth-order valence-electron chi connectivity index (χ4n) is 4.26. The number of hydrogen-bond donors (Lipinski definition) is 0. The lowest BCUT2D eigenvalue weighted by Gasteiger charge is -2.15. The van der Waals surface area contributed by atoms with Crippen LogP contribution in [0.15, 0.2) is 48.5 Å². The van der Waals surface area contributed by atoms with Crippen molar-refractivity contribution in [1.82, 2.24) is 19.2 Å². The molecule has 2 heterocycles. The highest BCUT2D eigenvalue weighted by molar-refractivity contribution is 7.14. The summed E-state index contributed by atoms with van der Waals surface area (Å²) in [5, 5.41) is 13.9. The molecule has 0 aliphatic heterocycles. The molecular weight excluding hydrogens is 384 g/mol. The molecule has 0 N–H and O–H groups in total. The molecule has 0 bridgehead atoms. The molecule has 4 aromatic carbocycles. The van der Waals surface area contributed by atoms with E-state index in [0.717, 1.165) is 26.0 Å². The molecular formula is C22H14N4S2. The molecule has 0 aliphatic rings. The monoisotopic (exact) mass is 398 g/mol. The van der Waals surface area contributed by atoms with Crippen LogP contribution in [-0.2, 0) is 0 Å². The quantitative estimate of drug-likeness (QED) is 0.327. The van der Waals surface area contributed by atoms with Gasteiger partial charge in [-0.05, 0) is 69.6 Å². The van der Waals surface area contributed by atoms with Crippen LogP contribution in [0.2, 0.25) is 0 Å². The van der Waals surface area contributed by atoms with Crippen molar-refractivity contribution in [2.45, 2.75) is 13.8 Å². The van der Waals surface area contributed by atoms with E-state index < -0.39 is 0 Å². The molecule has 0 radical (unpaired) electrons. The molecule has 6 heteroatoms. The van der Waals surface area contributed by atoms with Crippen LogP contribution < -0.4 is 0 Å². The van der Waals surface area contributed by atoms with E-state index in [4.69, 9.17) is 0 Å². The van der Waals surface area contributed by atoms with Crippen molar-refractivity contribution in [2.75, 3.05) is 0 Å². The van der Waals surface area contributed by atoms with Gasteiger partial charge in [0.1, 0.15) is 11.0 Å². The maximum atomic E-state index is 4.56. The molecule has 0 saturated carbocycles. The van der Waals surface area contributed by atoms with Crippen LogP contribution in [0.25, 0.3) is 53.1 Å². The molecule has 28 heavy (non-hydrogen) atoms. The highest BCUT2D eigenvalue weighted by atomic mass is 32.1. The lowest BCUT2D eigenvalue weighted by molar-refractivity contribution is 1.19. The normalized spacial score (nSPS) is 11.9. The first-order valence-electron chi connectivity index (χ1n) is 9.03. The van der Waals surface area contributed by atoms with Crippen molar-refractivity contribution >= 4 is 65.0 Å². The third kappa shape index (κ3) is 1.99. The molecule has 0 amide bonds. The summed E-state index contributed by atoms with van der Waals surface area (Å²) in [7, 11) is 0. The average Bonchev–Trinajstić information content (AvgIpc) is 3.40. The molecule has 0 unspecified atom stereocenters. The highest BCUT2D eigenvalue weighted by Gasteiger charge is 2.22. The summed E-state index contributed by atoms with van der Waals surface area (Å²) in [5.74, 6) is 0.